The Labute approximate surface area is 143 Å². The number of nitrogens with one attached hydrogen (secondary N) is 1. The fourth-order valence-electron chi connectivity index (χ4n) is 2.52. The first-order chi connectivity index (χ1) is 10.4. The zero-order valence-electron chi connectivity index (χ0n) is 14.4. The topological polar surface area (TPSA) is 75.7 Å². The van der Waals surface area contributed by atoms with Crippen molar-refractivity contribution in [1.82, 2.24) is 9.88 Å². The summed E-state index contributed by atoms with van der Waals surface area (Å²) in [5, 5.41) is -0.137. The Bertz CT molecular complexity index is 580. The number of nitrogens with zero attached hydrogens (tertiary/aromatic N) is 1. The zero-order valence-corrected chi connectivity index (χ0v) is 17.2. The average molecular weight is 373 g/mol. The zero-order chi connectivity index (χ0) is 17.6. The normalized spacial score (nSPS) is 25.0. The lowest BCUT2D eigenvalue weighted by molar-refractivity contribution is -0.148. The summed E-state index contributed by atoms with van der Waals surface area (Å²) < 4.78 is 5.51. The Morgan fingerprint density at radius 3 is 2.39 bits per heavy atom. The third-order valence-corrected chi connectivity index (χ3v) is 6.60. The minimum atomic E-state index is -2.10. The predicted molar refractivity (Wildman–Crippen MR) is 95.9 cm³/mol. The van der Waals surface area contributed by atoms with Crippen molar-refractivity contribution in [3.63, 3.8) is 0 Å². The van der Waals surface area contributed by atoms with Crippen LogP contribution in [0, 0.1) is 0 Å². The van der Waals surface area contributed by atoms with Crippen LogP contribution in [0.5, 0.6) is 0 Å². The van der Waals surface area contributed by atoms with Gasteiger partial charge in [-0.25, -0.2) is 4.79 Å². The molecule has 1 fully saturated rings. The van der Waals surface area contributed by atoms with Gasteiger partial charge < -0.3 is 9.41 Å². The van der Waals surface area contributed by atoms with Crippen molar-refractivity contribution < 1.29 is 18.8 Å². The number of amides is 1. The van der Waals surface area contributed by atoms with Crippen molar-refractivity contribution in [1.29, 1.82) is 0 Å². The van der Waals surface area contributed by atoms with E-state index in [0.29, 0.717) is 17.6 Å². The van der Waals surface area contributed by atoms with Crippen molar-refractivity contribution in [2.45, 2.75) is 50.7 Å². The molecule has 128 valence electrons. The second-order valence-corrected chi connectivity index (χ2v) is 18.1. The Hall–Kier alpha value is -0.906. The van der Waals surface area contributed by atoms with E-state index in [-0.39, 0.29) is 23.0 Å². The average Bonchev–Trinajstić information content (AvgIpc) is 2.40. The van der Waals surface area contributed by atoms with Gasteiger partial charge in [-0.15, -0.1) is 11.8 Å². The number of fused-ring (bicyclic) bond motifs is 1. The first-order valence-corrected chi connectivity index (χ1v) is 15.5. The van der Waals surface area contributed by atoms with Crippen LogP contribution in [0.25, 0.3) is 0 Å². The quantitative estimate of drug-likeness (QED) is 0.448. The van der Waals surface area contributed by atoms with Gasteiger partial charge in [0.05, 0.1) is 0 Å². The van der Waals surface area contributed by atoms with Crippen molar-refractivity contribution >= 4 is 46.5 Å². The van der Waals surface area contributed by atoms with E-state index in [2.05, 4.69) is 24.6 Å². The highest BCUT2D eigenvalue weighted by Gasteiger charge is 2.54. The Balaban J connectivity index is 2.27. The van der Waals surface area contributed by atoms with E-state index in [1.165, 1.54) is 16.7 Å². The minimum absolute atomic E-state index is 0.137. The van der Waals surface area contributed by atoms with Crippen LogP contribution in [0.3, 0.4) is 0 Å². The molecule has 2 aliphatic heterocycles. The smallest absolute Gasteiger partial charge is 0.342 e. The number of rotatable bonds is 5. The summed E-state index contributed by atoms with van der Waals surface area (Å²) in [5.74, 6) is -0.263. The number of carbonyl (C=O) groups excluding carboxylic acids is 3. The first-order valence-electron chi connectivity index (χ1n) is 7.58. The van der Waals surface area contributed by atoms with Crippen molar-refractivity contribution in [3.05, 3.63) is 11.3 Å². The highest BCUT2D eigenvalue weighted by atomic mass is 32.2. The molecule has 1 unspecified atom stereocenters. The van der Waals surface area contributed by atoms with E-state index in [1.807, 2.05) is 19.6 Å². The van der Waals surface area contributed by atoms with Crippen LogP contribution in [0.15, 0.2) is 11.3 Å². The Kier molecular flexibility index (Phi) is 4.96. The van der Waals surface area contributed by atoms with Gasteiger partial charge in [-0.3, -0.25) is 14.5 Å². The summed E-state index contributed by atoms with van der Waals surface area (Å²) in [5.41, 5.74) is 0.485. The van der Waals surface area contributed by atoms with Crippen LogP contribution < -0.4 is 4.98 Å². The standard InChI is InChI=1S/C14H24N2O4SSi2/c1-22(2,3)15-10-12(18)16-11(14(19)20-23(4,5)6)9(7-17)8-21-13(10)16/h7,10,13,15H,8H2,1-6H3/t10?,13-/m1/s1. The molecule has 1 saturated heterocycles. The Morgan fingerprint density at radius 1 is 1.30 bits per heavy atom. The van der Waals surface area contributed by atoms with Gasteiger partial charge in [0, 0.05) is 11.3 Å². The van der Waals surface area contributed by atoms with Gasteiger partial charge in [-0.1, -0.05) is 19.6 Å². The van der Waals surface area contributed by atoms with Crippen LogP contribution >= 0.6 is 11.8 Å². The molecule has 1 N–H and O–H groups in total. The molecule has 2 heterocycles. The minimum Gasteiger partial charge on any atom is -0.515 e. The number of carbonyl (C=O) groups is 3. The molecule has 0 aromatic rings. The lowest BCUT2D eigenvalue weighted by Gasteiger charge is -2.51. The van der Waals surface area contributed by atoms with Gasteiger partial charge in [0.25, 0.3) is 0 Å². The van der Waals surface area contributed by atoms with Crippen LogP contribution in [-0.2, 0) is 18.8 Å². The molecule has 0 aromatic carbocycles. The van der Waals surface area contributed by atoms with E-state index in [0.717, 1.165) is 0 Å². The second kappa shape index (κ2) is 6.19. The number of hydrogen-bond acceptors (Lipinski definition) is 6. The number of β-lactam (4-membered cyclic amide) rings is 1. The summed E-state index contributed by atoms with van der Waals surface area (Å²) in [4.78, 5) is 41.2. The number of aldehydes is 1. The summed E-state index contributed by atoms with van der Waals surface area (Å²) in [6, 6.07) is -0.283. The molecule has 0 bridgehead atoms. The fraction of sp³-hybridized carbons (Fsp3) is 0.643. The molecule has 23 heavy (non-hydrogen) atoms. The molecule has 0 radical (unpaired) electrons. The molecular weight excluding hydrogens is 348 g/mol. The molecule has 0 spiro atoms. The Morgan fingerprint density at radius 2 is 1.91 bits per heavy atom. The maximum Gasteiger partial charge on any atom is 0.342 e. The maximum atomic E-state index is 12.5. The molecule has 2 atom stereocenters. The van der Waals surface area contributed by atoms with Gasteiger partial charge in [-0.05, 0) is 19.6 Å². The van der Waals surface area contributed by atoms with E-state index in [9.17, 15) is 14.4 Å². The van der Waals surface area contributed by atoms with E-state index >= 15 is 0 Å². The van der Waals surface area contributed by atoms with Crippen molar-refractivity contribution in [2.75, 3.05) is 5.75 Å². The van der Waals surface area contributed by atoms with E-state index in [1.54, 1.807) is 0 Å². The van der Waals surface area contributed by atoms with Crippen molar-refractivity contribution in [3.8, 4) is 0 Å². The summed E-state index contributed by atoms with van der Waals surface area (Å²) in [6.07, 6.45) is 0.663. The molecule has 0 saturated carbocycles. The SMILES string of the molecule is C[Si](C)(C)NC1C(=O)N2C(C(=O)O[Si](C)(C)C)=C(C=O)CS[C@H]12. The number of hydrogen-bond donors (Lipinski definition) is 1. The first kappa shape index (κ1) is 18.4. The number of thioether (sulfide) groups is 1. The molecule has 0 aliphatic carbocycles. The molecule has 2 rings (SSSR count). The van der Waals surface area contributed by atoms with Crippen LogP contribution in [0.2, 0.25) is 39.3 Å². The van der Waals surface area contributed by atoms with Gasteiger partial charge in [-0.2, -0.15) is 0 Å². The van der Waals surface area contributed by atoms with Crippen molar-refractivity contribution in [2.24, 2.45) is 0 Å². The van der Waals surface area contributed by atoms with E-state index in [4.69, 9.17) is 4.43 Å². The monoisotopic (exact) mass is 372 g/mol. The third kappa shape index (κ3) is 3.96. The van der Waals surface area contributed by atoms with Gasteiger partial charge in [0.2, 0.25) is 14.2 Å². The largest absolute Gasteiger partial charge is 0.515 e. The molecule has 6 nitrogen and oxygen atoms in total. The predicted octanol–water partition coefficient (Wildman–Crippen LogP) is 1.53. The van der Waals surface area contributed by atoms with Gasteiger partial charge in [0.1, 0.15) is 31.6 Å². The maximum absolute atomic E-state index is 12.5. The molecular formula is C14H24N2O4SSi2. The highest BCUT2D eigenvalue weighted by Crippen LogP contribution is 2.40. The third-order valence-electron chi connectivity index (χ3n) is 3.32. The summed E-state index contributed by atoms with van der Waals surface area (Å²) in [6.45, 7) is 12.1. The highest BCUT2D eigenvalue weighted by molar-refractivity contribution is 8.00. The molecule has 0 aromatic heterocycles. The second-order valence-electron chi connectivity index (χ2n) is 7.78. The van der Waals surface area contributed by atoms with Gasteiger partial charge >= 0.3 is 5.97 Å². The van der Waals surface area contributed by atoms with E-state index < -0.39 is 22.5 Å². The fourth-order valence-corrected chi connectivity index (χ4v) is 5.79. The van der Waals surface area contributed by atoms with Gasteiger partial charge in [0.15, 0.2) is 0 Å². The molecule has 1 amide bonds. The lowest BCUT2D eigenvalue weighted by Crippen LogP contribution is -2.73. The van der Waals surface area contributed by atoms with Crippen LogP contribution in [-0.4, -0.2) is 56.8 Å². The summed E-state index contributed by atoms with van der Waals surface area (Å²) in [7, 11) is -3.73. The molecule has 2 aliphatic rings. The summed E-state index contributed by atoms with van der Waals surface area (Å²) >= 11 is 1.52. The van der Waals surface area contributed by atoms with Crippen LogP contribution in [0.4, 0.5) is 0 Å². The lowest BCUT2D eigenvalue weighted by atomic mass is 10.0. The van der Waals surface area contributed by atoms with Crippen LogP contribution in [0.1, 0.15) is 0 Å². The molecule has 9 heteroatoms.